The molecular formula is C4H12N4O. The SMILES string of the molecule is COC(C)N(C)NN=N. The molecule has 9 heavy (non-hydrogen) atoms. The van der Waals surface area contributed by atoms with Crippen LogP contribution in [0.2, 0.25) is 0 Å². The zero-order valence-corrected chi connectivity index (χ0v) is 5.88. The molecule has 0 saturated carbocycles. The number of methoxy groups -OCH3 is 1. The Hall–Kier alpha value is -0.680. The Morgan fingerprint density at radius 1 is 1.78 bits per heavy atom. The number of hydrazine groups is 1. The molecule has 5 nitrogen and oxygen atoms in total. The van der Waals surface area contributed by atoms with Crippen LogP contribution in [0.3, 0.4) is 0 Å². The molecule has 0 fully saturated rings. The number of hydrogen-bond donors (Lipinski definition) is 2. The average Bonchev–Trinajstić information content (AvgIpc) is 1.87. The molecule has 0 aromatic heterocycles. The van der Waals surface area contributed by atoms with Crippen LogP contribution >= 0.6 is 0 Å². The fraction of sp³-hybridized carbons (Fsp3) is 1.00. The molecule has 0 saturated heterocycles. The molecule has 1 unspecified atom stereocenters. The second-order valence-electron chi connectivity index (χ2n) is 1.66. The predicted molar refractivity (Wildman–Crippen MR) is 32.5 cm³/mol. The molecule has 0 rings (SSSR count). The molecule has 0 aliphatic rings. The van der Waals surface area contributed by atoms with Crippen LogP contribution < -0.4 is 5.53 Å². The standard InChI is InChI=1S/C4H12N4O/c1-4(9-3)8(2)7-6-5/h4H,1-3H3,(H2,5,7). The van der Waals surface area contributed by atoms with E-state index in [-0.39, 0.29) is 6.23 Å². The first kappa shape index (κ1) is 8.32. The van der Waals surface area contributed by atoms with Crippen molar-refractivity contribution >= 4 is 0 Å². The second kappa shape index (κ2) is 4.22. The van der Waals surface area contributed by atoms with Crippen molar-refractivity contribution in [1.29, 1.82) is 5.53 Å². The molecule has 0 radical (unpaired) electrons. The van der Waals surface area contributed by atoms with E-state index < -0.39 is 0 Å². The summed E-state index contributed by atoms with van der Waals surface area (Å²) in [6.45, 7) is 1.85. The van der Waals surface area contributed by atoms with E-state index in [4.69, 9.17) is 10.3 Å². The van der Waals surface area contributed by atoms with Crippen molar-refractivity contribution in [3.63, 3.8) is 0 Å². The van der Waals surface area contributed by atoms with E-state index in [0.29, 0.717) is 0 Å². The first-order valence-corrected chi connectivity index (χ1v) is 2.60. The van der Waals surface area contributed by atoms with Crippen molar-refractivity contribution in [2.45, 2.75) is 13.2 Å². The van der Waals surface area contributed by atoms with E-state index in [1.54, 1.807) is 19.2 Å². The van der Waals surface area contributed by atoms with E-state index in [1.807, 2.05) is 6.92 Å². The van der Waals surface area contributed by atoms with Gasteiger partial charge in [-0.05, 0) is 6.92 Å². The topological polar surface area (TPSA) is 60.7 Å². The Kier molecular flexibility index (Phi) is 3.90. The summed E-state index contributed by atoms with van der Waals surface area (Å²) >= 11 is 0. The van der Waals surface area contributed by atoms with Crippen LogP contribution in [0.15, 0.2) is 5.22 Å². The lowest BCUT2D eigenvalue weighted by Crippen LogP contribution is -2.38. The van der Waals surface area contributed by atoms with Crippen molar-refractivity contribution in [3.05, 3.63) is 0 Å². The number of hydrogen-bond acceptors (Lipinski definition) is 4. The van der Waals surface area contributed by atoms with Gasteiger partial charge >= 0.3 is 0 Å². The molecule has 0 amide bonds. The fourth-order valence-corrected chi connectivity index (χ4v) is 0.318. The highest BCUT2D eigenvalue weighted by Crippen LogP contribution is 1.89. The Bertz CT molecular complexity index is 86.6. The van der Waals surface area contributed by atoms with Gasteiger partial charge in [-0.2, -0.15) is 10.5 Å². The van der Waals surface area contributed by atoms with Gasteiger partial charge < -0.3 is 4.74 Å². The maximum atomic E-state index is 6.42. The van der Waals surface area contributed by atoms with Crippen LogP contribution in [0.25, 0.3) is 0 Å². The Morgan fingerprint density at radius 2 is 2.33 bits per heavy atom. The largest absolute Gasteiger partial charge is 0.365 e. The van der Waals surface area contributed by atoms with Gasteiger partial charge in [-0.25, -0.2) is 5.53 Å². The maximum Gasteiger partial charge on any atom is 0.125 e. The summed E-state index contributed by atoms with van der Waals surface area (Å²) in [7, 11) is 3.33. The molecule has 5 heteroatoms. The first-order chi connectivity index (χ1) is 4.22. The number of nitrogens with one attached hydrogen (secondary N) is 2. The van der Waals surface area contributed by atoms with Crippen LogP contribution in [0, 0.1) is 5.53 Å². The lowest BCUT2D eigenvalue weighted by atomic mass is 10.6. The second-order valence-corrected chi connectivity index (χ2v) is 1.66. The van der Waals surface area contributed by atoms with E-state index in [1.165, 1.54) is 0 Å². The summed E-state index contributed by atoms with van der Waals surface area (Å²) in [4.78, 5) is 0. The minimum atomic E-state index is -0.0703. The molecule has 0 aliphatic carbocycles. The Labute approximate surface area is 54.4 Å². The molecule has 0 heterocycles. The van der Waals surface area contributed by atoms with Gasteiger partial charge in [0.15, 0.2) is 0 Å². The highest BCUT2D eigenvalue weighted by molar-refractivity contribution is 4.39. The smallest absolute Gasteiger partial charge is 0.125 e. The molecule has 2 N–H and O–H groups in total. The summed E-state index contributed by atoms with van der Waals surface area (Å²) < 4.78 is 4.88. The van der Waals surface area contributed by atoms with Crippen molar-refractivity contribution in [3.8, 4) is 0 Å². The van der Waals surface area contributed by atoms with Crippen LogP contribution in [-0.2, 0) is 4.74 Å². The molecular weight excluding hydrogens is 120 g/mol. The lowest BCUT2D eigenvalue weighted by Gasteiger charge is -2.20. The number of nitrogens with zero attached hydrogens (tertiary/aromatic N) is 2. The zero-order chi connectivity index (χ0) is 7.28. The Balaban J connectivity index is 3.44. The van der Waals surface area contributed by atoms with Gasteiger partial charge in [-0.3, -0.25) is 0 Å². The summed E-state index contributed by atoms with van der Waals surface area (Å²) in [5.41, 5.74) is 8.81. The van der Waals surface area contributed by atoms with E-state index in [2.05, 4.69) is 10.8 Å². The quantitative estimate of drug-likeness (QED) is 0.330. The fourth-order valence-electron chi connectivity index (χ4n) is 0.318. The number of ether oxygens (including phenoxy) is 1. The van der Waals surface area contributed by atoms with Crippen LogP contribution in [0.1, 0.15) is 6.92 Å². The third kappa shape index (κ3) is 2.99. The van der Waals surface area contributed by atoms with Gasteiger partial charge in [-0.15, -0.1) is 0 Å². The summed E-state index contributed by atoms with van der Waals surface area (Å²) in [5.74, 6) is 0. The van der Waals surface area contributed by atoms with Crippen LogP contribution in [0.4, 0.5) is 0 Å². The molecule has 0 aromatic carbocycles. The molecule has 0 aliphatic heterocycles. The van der Waals surface area contributed by atoms with Crippen molar-refractivity contribution in [2.24, 2.45) is 5.22 Å². The highest BCUT2D eigenvalue weighted by Gasteiger charge is 2.03. The van der Waals surface area contributed by atoms with Gasteiger partial charge in [0.1, 0.15) is 6.23 Å². The van der Waals surface area contributed by atoms with Gasteiger partial charge in [0.25, 0.3) is 0 Å². The molecule has 0 aromatic rings. The normalized spacial score (nSPS) is 13.3. The minimum Gasteiger partial charge on any atom is -0.365 e. The summed E-state index contributed by atoms with van der Waals surface area (Å²) in [6, 6.07) is 0. The van der Waals surface area contributed by atoms with Crippen molar-refractivity contribution in [1.82, 2.24) is 10.5 Å². The summed E-state index contributed by atoms with van der Waals surface area (Å²) in [6.07, 6.45) is -0.0703. The third-order valence-electron chi connectivity index (χ3n) is 1.09. The van der Waals surface area contributed by atoms with Crippen molar-refractivity contribution < 1.29 is 4.74 Å². The van der Waals surface area contributed by atoms with Gasteiger partial charge in [-0.1, -0.05) is 5.22 Å². The molecule has 1 atom stereocenters. The van der Waals surface area contributed by atoms with Crippen molar-refractivity contribution in [2.75, 3.05) is 14.2 Å². The van der Waals surface area contributed by atoms with Crippen LogP contribution in [-0.4, -0.2) is 25.4 Å². The third-order valence-corrected chi connectivity index (χ3v) is 1.09. The van der Waals surface area contributed by atoms with E-state index >= 15 is 0 Å². The summed E-state index contributed by atoms with van der Waals surface area (Å²) in [5, 5.41) is 4.53. The Morgan fingerprint density at radius 3 is 2.67 bits per heavy atom. The van der Waals surface area contributed by atoms with E-state index in [0.717, 1.165) is 0 Å². The first-order valence-electron chi connectivity index (χ1n) is 2.60. The lowest BCUT2D eigenvalue weighted by molar-refractivity contribution is -0.0342. The van der Waals surface area contributed by atoms with E-state index in [9.17, 15) is 0 Å². The van der Waals surface area contributed by atoms with Gasteiger partial charge in [0.2, 0.25) is 0 Å². The minimum absolute atomic E-state index is 0.0703. The molecule has 0 spiro atoms. The monoisotopic (exact) mass is 132 g/mol. The molecule has 54 valence electrons. The van der Waals surface area contributed by atoms with Gasteiger partial charge in [0.05, 0.1) is 0 Å². The van der Waals surface area contributed by atoms with Gasteiger partial charge in [0, 0.05) is 14.2 Å². The average molecular weight is 132 g/mol. The molecule has 0 bridgehead atoms. The van der Waals surface area contributed by atoms with Crippen LogP contribution in [0.5, 0.6) is 0 Å². The highest BCUT2D eigenvalue weighted by atomic mass is 16.5. The zero-order valence-electron chi connectivity index (χ0n) is 5.88. The number of rotatable bonds is 4. The maximum absolute atomic E-state index is 6.42. The predicted octanol–water partition coefficient (Wildman–Crippen LogP) is 0.361.